The molecule has 2 aromatic carbocycles. The van der Waals surface area contributed by atoms with Crippen molar-refractivity contribution in [1.29, 1.82) is 0 Å². The molecule has 0 radical (unpaired) electrons. The summed E-state index contributed by atoms with van der Waals surface area (Å²) in [6.45, 7) is 2.30. The fraction of sp³-hybridized carbons (Fsp3) is 0.167. The van der Waals surface area contributed by atoms with Gasteiger partial charge in [-0.1, -0.05) is 53.7 Å². The number of aromatic carboxylic acids is 1. The Kier molecular flexibility index (Phi) is 5.82. The van der Waals surface area contributed by atoms with Crippen LogP contribution in [0.1, 0.15) is 21.5 Å². The molecule has 0 bridgehead atoms. The van der Waals surface area contributed by atoms with E-state index in [0.29, 0.717) is 11.7 Å². The number of carbonyl (C=O) groups is 2. The maximum absolute atomic E-state index is 12.1. The molecular weight excluding hydrogens is 366 g/mol. The topological polar surface area (TPSA) is 113 Å². The summed E-state index contributed by atoms with van der Waals surface area (Å²) in [6, 6.07) is 13.9. The SMILES string of the molecule is Cc1ccc(-n2nnnc2SCC(=O)NCc2ccc(C(=O)[O-])cc2)cc1. The molecule has 0 aliphatic rings. The van der Waals surface area contributed by atoms with Crippen molar-refractivity contribution in [2.45, 2.75) is 18.6 Å². The predicted octanol–water partition coefficient (Wildman–Crippen LogP) is 0.743. The average Bonchev–Trinajstić information content (AvgIpc) is 3.14. The molecule has 0 spiro atoms. The first kappa shape index (κ1) is 18.6. The van der Waals surface area contributed by atoms with E-state index >= 15 is 0 Å². The molecule has 0 atom stereocenters. The highest BCUT2D eigenvalue weighted by Crippen LogP contribution is 2.18. The van der Waals surface area contributed by atoms with Gasteiger partial charge < -0.3 is 15.2 Å². The number of nitrogens with zero attached hydrogens (tertiary/aromatic N) is 4. The molecule has 1 aromatic heterocycles. The summed E-state index contributed by atoms with van der Waals surface area (Å²) in [5.74, 6) is -1.25. The summed E-state index contributed by atoms with van der Waals surface area (Å²) < 4.78 is 1.58. The van der Waals surface area contributed by atoms with E-state index in [1.54, 1.807) is 16.8 Å². The smallest absolute Gasteiger partial charge is 0.230 e. The van der Waals surface area contributed by atoms with Gasteiger partial charge >= 0.3 is 0 Å². The molecule has 0 aliphatic heterocycles. The second-order valence-electron chi connectivity index (χ2n) is 5.76. The number of tetrazole rings is 1. The number of thioether (sulfide) groups is 1. The summed E-state index contributed by atoms with van der Waals surface area (Å²) in [7, 11) is 0. The van der Waals surface area contributed by atoms with Crippen molar-refractivity contribution in [3.05, 3.63) is 65.2 Å². The maximum atomic E-state index is 12.1. The third kappa shape index (κ3) is 4.91. The Hall–Kier alpha value is -3.20. The molecule has 1 amide bonds. The lowest BCUT2D eigenvalue weighted by atomic mass is 10.1. The van der Waals surface area contributed by atoms with Gasteiger partial charge in [-0.2, -0.15) is 4.68 Å². The Bertz CT molecular complexity index is 938. The van der Waals surface area contributed by atoms with Gasteiger partial charge in [0, 0.05) is 6.54 Å². The molecule has 138 valence electrons. The third-order valence-electron chi connectivity index (χ3n) is 3.73. The van der Waals surface area contributed by atoms with Gasteiger partial charge in [0.25, 0.3) is 0 Å². The van der Waals surface area contributed by atoms with Crippen molar-refractivity contribution in [2.24, 2.45) is 0 Å². The predicted molar refractivity (Wildman–Crippen MR) is 97.2 cm³/mol. The minimum atomic E-state index is -1.23. The van der Waals surface area contributed by atoms with E-state index in [1.165, 1.54) is 23.9 Å². The first-order chi connectivity index (χ1) is 13.0. The number of hydrogen-bond donors (Lipinski definition) is 1. The normalized spacial score (nSPS) is 10.6. The molecule has 27 heavy (non-hydrogen) atoms. The van der Waals surface area contributed by atoms with Gasteiger partial charge in [-0.05, 0) is 40.6 Å². The van der Waals surface area contributed by atoms with E-state index in [1.807, 2.05) is 31.2 Å². The lowest BCUT2D eigenvalue weighted by molar-refractivity contribution is -0.255. The van der Waals surface area contributed by atoms with Gasteiger partial charge in [0.05, 0.1) is 17.4 Å². The maximum Gasteiger partial charge on any atom is 0.230 e. The number of carboxylic acid groups (broad SMARTS) is 1. The molecule has 3 rings (SSSR count). The van der Waals surface area contributed by atoms with Crippen molar-refractivity contribution in [1.82, 2.24) is 25.5 Å². The van der Waals surface area contributed by atoms with Crippen LogP contribution in [0.5, 0.6) is 0 Å². The summed E-state index contributed by atoms with van der Waals surface area (Å²) in [4.78, 5) is 22.8. The summed E-state index contributed by atoms with van der Waals surface area (Å²) in [5.41, 5.74) is 2.85. The molecule has 0 saturated carbocycles. The number of rotatable bonds is 7. The van der Waals surface area contributed by atoms with E-state index in [-0.39, 0.29) is 17.2 Å². The van der Waals surface area contributed by atoms with Crippen LogP contribution in [0.25, 0.3) is 5.69 Å². The number of hydrogen-bond acceptors (Lipinski definition) is 7. The number of carbonyl (C=O) groups excluding carboxylic acids is 2. The number of amides is 1. The molecule has 9 heteroatoms. The van der Waals surface area contributed by atoms with Gasteiger partial charge in [-0.3, -0.25) is 4.79 Å². The molecule has 3 aromatic rings. The molecule has 0 unspecified atom stereocenters. The molecule has 1 N–H and O–H groups in total. The summed E-state index contributed by atoms with van der Waals surface area (Å²) in [6.07, 6.45) is 0. The Labute approximate surface area is 159 Å². The zero-order chi connectivity index (χ0) is 19.2. The lowest BCUT2D eigenvalue weighted by Gasteiger charge is -2.07. The van der Waals surface area contributed by atoms with Crippen molar-refractivity contribution >= 4 is 23.6 Å². The second-order valence-corrected chi connectivity index (χ2v) is 6.70. The Morgan fingerprint density at radius 3 is 2.48 bits per heavy atom. The quantitative estimate of drug-likeness (QED) is 0.600. The number of aryl methyl sites for hydroxylation is 1. The van der Waals surface area contributed by atoms with Crippen LogP contribution in [-0.2, 0) is 11.3 Å². The van der Waals surface area contributed by atoms with E-state index in [2.05, 4.69) is 20.8 Å². The molecule has 0 fully saturated rings. The van der Waals surface area contributed by atoms with Crippen LogP contribution < -0.4 is 10.4 Å². The van der Waals surface area contributed by atoms with E-state index in [0.717, 1.165) is 16.8 Å². The van der Waals surface area contributed by atoms with Crippen molar-refractivity contribution in [3.63, 3.8) is 0 Å². The molecular formula is C18H16N5O3S-. The van der Waals surface area contributed by atoms with Gasteiger partial charge in [0.2, 0.25) is 11.1 Å². The van der Waals surface area contributed by atoms with E-state index in [9.17, 15) is 14.7 Å². The van der Waals surface area contributed by atoms with Gasteiger partial charge in [0.1, 0.15) is 0 Å². The van der Waals surface area contributed by atoms with Crippen LogP contribution in [0, 0.1) is 6.92 Å². The Morgan fingerprint density at radius 2 is 1.81 bits per heavy atom. The third-order valence-corrected chi connectivity index (χ3v) is 4.65. The zero-order valence-electron chi connectivity index (χ0n) is 14.5. The number of benzene rings is 2. The van der Waals surface area contributed by atoms with Gasteiger partial charge in [-0.15, -0.1) is 5.10 Å². The lowest BCUT2D eigenvalue weighted by Crippen LogP contribution is -2.25. The van der Waals surface area contributed by atoms with Crippen LogP contribution in [0.3, 0.4) is 0 Å². The van der Waals surface area contributed by atoms with Crippen LogP contribution >= 0.6 is 11.8 Å². The molecule has 0 saturated heterocycles. The van der Waals surface area contributed by atoms with Crippen LogP contribution in [-0.4, -0.2) is 37.8 Å². The van der Waals surface area contributed by atoms with E-state index < -0.39 is 5.97 Å². The number of aromatic nitrogens is 4. The highest BCUT2D eigenvalue weighted by atomic mass is 32.2. The zero-order valence-corrected chi connectivity index (χ0v) is 15.3. The largest absolute Gasteiger partial charge is 0.545 e. The van der Waals surface area contributed by atoms with Crippen molar-refractivity contribution in [2.75, 3.05) is 5.75 Å². The number of carboxylic acids is 1. The minimum absolute atomic E-state index is 0.101. The fourth-order valence-electron chi connectivity index (χ4n) is 2.26. The Balaban J connectivity index is 1.53. The first-order valence-electron chi connectivity index (χ1n) is 8.08. The van der Waals surface area contributed by atoms with Crippen LogP contribution in [0.2, 0.25) is 0 Å². The highest BCUT2D eigenvalue weighted by Gasteiger charge is 2.11. The molecule has 8 nitrogen and oxygen atoms in total. The van der Waals surface area contributed by atoms with Crippen LogP contribution in [0.15, 0.2) is 53.7 Å². The summed E-state index contributed by atoms with van der Waals surface area (Å²) >= 11 is 1.23. The van der Waals surface area contributed by atoms with E-state index in [4.69, 9.17) is 0 Å². The minimum Gasteiger partial charge on any atom is -0.545 e. The molecule has 1 heterocycles. The standard InChI is InChI=1S/C18H17N5O3S/c1-12-2-8-15(9-3-12)23-18(20-21-22-23)27-11-16(24)19-10-13-4-6-14(7-5-13)17(25)26/h2-9H,10-11H2,1H3,(H,19,24)(H,25,26)/p-1. The first-order valence-corrected chi connectivity index (χ1v) is 9.06. The van der Waals surface area contributed by atoms with Gasteiger partial charge in [-0.25, -0.2) is 0 Å². The molecule has 0 aliphatic carbocycles. The van der Waals surface area contributed by atoms with Crippen LogP contribution in [0.4, 0.5) is 0 Å². The van der Waals surface area contributed by atoms with Crippen molar-refractivity contribution in [3.8, 4) is 5.69 Å². The van der Waals surface area contributed by atoms with Crippen molar-refractivity contribution < 1.29 is 14.7 Å². The Morgan fingerprint density at radius 1 is 1.11 bits per heavy atom. The average molecular weight is 382 g/mol. The summed E-state index contributed by atoms with van der Waals surface area (Å²) in [5, 5.41) is 25.6. The van der Waals surface area contributed by atoms with Gasteiger partial charge in [0.15, 0.2) is 0 Å². The number of nitrogens with one attached hydrogen (secondary N) is 1. The fourth-order valence-corrected chi connectivity index (χ4v) is 2.98. The highest BCUT2D eigenvalue weighted by molar-refractivity contribution is 7.99. The second kappa shape index (κ2) is 8.45. The monoisotopic (exact) mass is 382 g/mol.